The Morgan fingerprint density at radius 3 is 2.57 bits per heavy atom. The zero-order valence-electron chi connectivity index (χ0n) is 16.6. The smallest absolute Gasteiger partial charge is 0.409 e. The Balaban J connectivity index is 1.70. The zero-order valence-corrected chi connectivity index (χ0v) is 17.4. The summed E-state index contributed by atoms with van der Waals surface area (Å²) in [5.74, 6) is -0.812. The van der Waals surface area contributed by atoms with Crippen LogP contribution in [0.5, 0.6) is 0 Å². The number of amides is 2. The Morgan fingerprint density at radius 1 is 1.03 bits per heavy atom. The summed E-state index contributed by atoms with van der Waals surface area (Å²) >= 11 is 1.28. The van der Waals surface area contributed by atoms with E-state index in [2.05, 4.69) is 5.32 Å². The van der Waals surface area contributed by atoms with Crippen LogP contribution in [-0.2, 0) is 22.4 Å². The number of ether oxygens (including phenoxy) is 2. The Morgan fingerprint density at radius 2 is 1.80 bits per heavy atom. The molecule has 0 atom stereocenters. The minimum Gasteiger partial charge on any atom is -0.465 e. The summed E-state index contributed by atoms with van der Waals surface area (Å²) in [4.78, 5) is 39.9. The summed E-state index contributed by atoms with van der Waals surface area (Å²) in [7, 11) is 2.65. The van der Waals surface area contributed by atoms with Crippen LogP contribution in [0.2, 0.25) is 0 Å². The molecule has 0 radical (unpaired) electrons. The Labute approximate surface area is 177 Å². The van der Waals surface area contributed by atoms with E-state index in [-0.39, 0.29) is 5.91 Å². The van der Waals surface area contributed by atoms with E-state index in [0.717, 1.165) is 21.2 Å². The van der Waals surface area contributed by atoms with Gasteiger partial charge in [0.25, 0.3) is 5.91 Å². The van der Waals surface area contributed by atoms with E-state index >= 15 is 0 Å². The summed E-state index contributed by atoms with van der Waals surface area (Å²) in [6.45, 7) is 0.748. The second-order valence-electron chi connectivity index (χ2n) is 6.82. The number of benzene rings is 2. The SMILES string of the molecule is COC(=O)c1c(NC(=O)c2cccc3ccccc23)sc2c1CCN(C(=O)OC)C2. The van der Waals surface area contributed by atoms with Crippen LogP contribution in [0.4, 0.5) is 9.80 Å². The number of esters is 1. The van der Waals surface area contributed by atoms with Gasteiger partial charge in [-0.25, -0.2) is 9.59 Å². The van der Waals surface area contributed by atoms with Gasteiger partial charge in [0.15, 0.2) is 0 Å². The second kappa shape index (κ2) is 8.16. The summed E-state index contributed by atoms with van der Waals surface area (Å²) in [5, 5.41) is 5.11. The molecule has 2 amide bonds. The van der Waals surface area contributed by atoms with Crippen molar-refractivity contribution in [2.24, 2.45) is 0 Å². The van der Waals surface area contributed by atoms with Gasteiger partial charge < -0.3 is 19.7 Å². The number of rotatable bonds is 3. The largest absolute Gasteiger partial charge is 0.465 e. The van der Waals surface area contributed by atoms with Crippen LogP contribution >= 0.6 is 11.3 Å². The van der Waals surface area contributed by atoms with E-state index in [1.165, 1.54) is 25.6 Å². The highest BCUT2D eigenvalue weighted by Crippen LogP contribution is 2.38. The van der Waals surface area contributed by atoms with E-state index in [1.807, 2.05) is 36.4 Å². The summed E-state index contributed by atoms with van der Waals surface area (Å²) in [5.41, 5.74) is 1.68. The fraction of sp³-hybridized carbons (Fsp3) is 0.227. The molecule has 0 unspecified atom stereocenters. The molecule has 3 aromatic rings. The fourth-order valence-corrected chi connectivity index (χ4v) is 4.93. The van der Waals surface area contributed by atoms with Gasteiger partial charge in [-0.2, -0.15) is 0 Å². The summed E-state index contributed by atoms with van der Waals surface area (Å²) < 4.78 is 9.77. The molecule has 0 fully saturated rings. The highest BCUT2D eigenvalue weighted by Gasteiger charge is 2.31. The van der Waals surface area contributed by atoms with E-state index in [4.69, 9.17) is 9.47 Å². The number of carbonyl (C=O) groups is 3. The van der Waals surface area contributed by atoms with Crippen LogP contribution in [-0.4, -0.2) is 43.6 Å². The molecule has 0 saturated heterocycles. The highest BCUT2D eigenvalue weighted by molar-refractivity contribution is 7.17. The van der Waals surface area contributed by atoms with Gasteiger partial charge in [0, 0.05) is 17.0 Å². The van der Waals surface area contributed by atoms with Crippen molar-refractivity contribution < 1.29 is 23.9 Å². The van der Waals surface area contributed by atoms with Crippen molar-refractivity contribution in [1.29, 1.82) is 0 Å². The Hall–Kier alpha value is -3.39. The van der Waals surface area contributed by atoms with Crippen LogP contribution in [0.15, 0.2) is 42.5 Å². The van der Waals surface area contributed by atoms with E-state index in [9.17, 15) is 14.4 Å². The van der Waals surface area contributed by atoms with Crippen molar-refractivity contribution in [3.8, 4) is 0 Å². The fourth-order valence-electron chi connectivity index (χ4n) is 3.69. The van der Waals surface area contributed by atoms with E-state index in [0.29, 0.717) is 35.6 Å². The van der Waals surface area contributed by atoms with Crippen LogP contribution in [0, 0.1) is 0 Å². The van der Waals surface area contributed by atoms with E-state index < -0.39 is 12.1 Å². The summed E-state index contributed by atoms with van der Waals surface area (Å²) in [6, 6.07) is 13.1. The maximum atomic E-state index is 13.1. The molecule has 4 rings (SSSR count). The molecule has 0 bridgehead atoms. The molecule has 1 aromatic heterocycles. The molecule has 0 aliphatic carbocycles. The number of hydrogen-bond donors (Lipinski definition) is 1. The molecule has 1 aliphatic heterocycles. The van der Waals surface area contributed by atoms with Crippen molar-refractivity contribution in [2.75, 3.05) is 26.1 Å². The topological polar surface area (TPSA) is 84.9 Å². The predicted molar refractivity (Wildman–Crippen MR) is 114 cm³/mol. The number of nitrogens with one attached hydrogen (secondary N) is 1. The zero-order chi connectivity index (χ0) is 21.3. The third-order valence-corrected chi connectivity index (χ3v) is 6.27. The van der Waals surface area contributed by atoms with Gasteiger partial charge in [-0.3, -0.25) is 4.79 Å². The molecule has 2 heterocycles. The normalized spacial score (nSPS) is 12.9. The van der Waals surface area contributed by atoms with Gasteiger partial charge in [0.1, 0.15) is 5.00 Å². The third-order valence-electron chi connectivity index (χ3n) is 5.14. The Bertz CT molecular complexity index is 1150. The number of nitrogens with zero attached hydrogens (tertiary/aromatic N) is 1. The first-order valence-electron chi connectivity index (χ1n) is 9.38. The molecule has 2 aromatic carbocycles. The first-order chi connectivity index (χ1) is 14.5. The number of hydrogen-bond acceptors (Lipinski definition) is 6. The Kier molecular flexibility index (Phi) is 5.41. The van der Waals surface area contributed by atoms with Gasteiger partial charge in [0.2, 0.25) is 0 Å². The first kappa shape index (κ1) is 19.9. The van der Waals surface area contributed by atoms with Crippen molar-refractivity contribution in [3.63, 3.8) is 0 Å². The summed E-state index contributed by atoms with van der Waals surface area (Å²) in [6.07, 6.45) is 0.0604. The molecule has 0 spiro atoms. The van der Waals surface area contributed by atoms with Gasteiger partial charge in [0.05, 0.1) is 26.3 Å². The maximum absolute atomic E-state index is 13.1. The maximum Gasteiger partial charge on any atom is 0.409 e. The average molecular weight is 424 g/mol. The van der Waals surface area contributed by atoms with Crippen LogP contribution in [0.3, 0.4) is 0 Å². The number of anilines is 1. The highest BCUT2D eigenvalue weighted by atomic mass is 32.1. The third kappa shape index (κ3) is 3.50. The average Bonchev–Trinajstić information content (AvgIpc) is 3.14. The van der Waals surface area contributed by atoms with Gasteiger partial charge in [-0.05, 0) is 28.8 Å². The number of fused-ring (bicyclic) bond motifs is 2. The number of methoxy groups -OCH3 is 2. The van der Waals surface area contributed by atoms with Crippen molar-refractivity contribution in [3.05, 3.63) is 64.0 Å². The molecule has 0 saturated carbocycles. The number of thiophene rings is 1. The lowest BCUT2D eigenvalue weighted by Gasteiger charge is -2.25. The second-order valence-corrected chi connectivity index (χ2v) is 7.93. The van der Waals surface area contributed by atoms with Gasteiger partial charge in [-0.1, -0.05) is 36.4 Å². The molecule has 7 nitrogen and oxygen atoms in total. The monoisotopic (exact) mass is 424 g/mol. The number of carbonyl (C=O) groups excluding carboxylic acids is 3. The molecular formula is C22H20N2O5S. The van der Waals surface area contributed by atoms with Crippen LogP contribution in [0.1, 0.15) is 31.2 Å². The minimum atomic E-state index is -0.507. The lowest BCUT2D eigenvalue weighted by molar-refractivity contribution is 0.0600. The molecular weight excluding hydrogens is 404 g/mol. The minimum absolute atomic E-state index is 0.305. The van der Waals surface area contributed by atoms with Crippen molar-refractivity contribution in [2.45, 2.75) is 13.0 Å². The van der Waals surface area contributed by atoms with Crippen molar-refractivity contribution >= 4 is 45.1 Å². The van der Waals surface area contributed by atoms with Crippen LogP contribution < -0.4 is 5.32 Å². The van der Waals surface area contributed by atoms with E-state index in [1.54, 1.807) is 11.0 Å². The van der Waals surface area contributed by atoms with Gasteiger partial charge in [-0.15, -0.1) is 11.3 Å². The molecule has 8 heteroatoms. The van der Waals surface area contributed by atoms with Gasteiger partial charge >= 0.3 is 12.1 Å². The predicted octanol–water partition coefficient (Wildman–Crippen LogP) is 4.06. The molecule has 30 heavy (non-hydrogen) atoms. The van der Waals surface area contributed by atoms with Crippen LogP contribution in [0.25, 0.3) is 10.8 Å². The quantitative estimate of drug-likeness (QED) is 0.641. The standard InChI is InChI=1S/C22H20N2O5S/c1-28-21(26)18-16-10-11-24(22(27)29-2)12-17(16)30-20(18)23-19(25)15-9-5-7-13-6-3-4-8-14(13)15/h3-9H,10-12H2,1-2H3,(H,23,25). The lowest BCUT2D eigenvalue weighted by atomic mass is 10.0. The molecule has 1 aliphatic rings. The lowest BCUT2D eigenvalue weighted by Crippen LogP contribution is -2.35. The molecule has 154 valence electrons. The van der Waals surface area contributed by atoms with Crippen molar-refractivity contribution in [1.82, 2.24) is 4.90 Å². The molecule has 1 N–H and O–H groups in total. The first-order valence-corrected chi connectivity index (χ1v) is 10.2.